The first-order chi connectivity index (χ1) is 10.2. The molecule has 0 amide bonds. The topological polar surface area (TPSA) is 27.7 Å². The lowest BCUT2D eigenvalue weighted by Crippen LogP contribution is -1.99. The summed E-state index contributed by atoms with van der Waals surface area (Å²) in [7, 11) is 2.99. The molecule has 0 fully saturated rings. The second-order valence-electron chi connectivity index (χ2n) is 4.38. The van der Waals surface area contributed by atoms with Crippen LogP contribution in [0.25, 0.3) is 0 Å². The molecule has 0 aromatic heterocycles. The minimum absolute atomic E-state index is 0.211. The van der Waals surface area contributed by atoms with Gasteiger partial charge in [0.15, 0.2) is 23.1 Å². The van der Waals surface area contributed by atoms with Gasteiger partial charge < -0.3 is 14.2 Å². The predicted octanol–water partition coefficient (Wildman–Crippen LogP) is 4.16. The number of benzene rings is 2. The van der Waals surface area contributed by atoms with Crippen LogP contribution in [0.1, 0.15) is 11.1 Å². The van der Waals surface area contributed by atoms with E-state index in [1.165, 1.54) is 13.2 Å². The van der Waals surface area contributed by atoms with Crippen molar-refractivity contribution >= 4 is 11.6 Å². The van der Waals surface area contributed by atoms with Crippen molar-refractivity contribution in [3.8, 4) is 17.2 Å². The molecule has 0 N–H and O–H groups in total. The van der Waals surface area contributed by atoms with Crippen molar-refractivity contribution in [2.45, 2.75) is 12.5 Å². The fourth-order valence-corrected chi connectivity index (χ4v) is 2.04. The average molecular weight is 311 g/mol. The maximum absolute atomic E-state index is 13.6. The minimum atomic E-state index is -0.414. The number of rotatable bonds is 6. The lowest BCUT2D eigenvalue weighted by atomic mass is 10.2. The van der Waals surface area contributed by atoms with E-state index in [1.54, 1.807) is 25.3 Å². The third-order valence-electron chi connectivity index (χ3n) is 2.99. The summed E-state index contributed by atoms with van der Waals surface area (Å²) in [4.78, 5) is 0. The van der Waals surface area contributed by atoms with Crippen molar-refractivity contribution in [1.29, 1.82) is 0 Å². The molecule has 0 unspecified atom stereocenters. The standard InChI is InChI=1S/C16H16ClFO3/c1-19-14-5-4-12(7-13(14)18)10-21-15-6-3-11(9-17)8-16(15)20-2/h3-8H,9-10H2,1-2H3. The van der Waals surface area contributed by atoms with E-state index in [9.17, 15) is 4.39 Å². The normalized spacial score (nSPS) is 10.3. The highest BCUT2D eigenvalue weighted by molar-refractivity contribution is 6.17. The molecule has 0 aliphatic carbocycles. The van der Waals surface area contributed by atoms with E-state index >= 15 is 0 Å². The van der Waals surface area contributed by atoms with E-state index in [1.807, 2.05) is 12.1 Å². The van der Waals surface area contributed by atoms with Crippen LogP contribution in [0.5, 0.6) is 17.2 Å². The lowest BCUT2D eigenvalue weighted by Gasteiger charge is -2.12. The summed E-state index contributed by atoms with van der Waals surface area (Å²) in [6, 6.07) is 10.2. The summed E-state index contributed by atoms with van der Waals surface area (Å²) in [6.45, 7) is 0.234. The minimum Gasteiger partial charge on any atom is -0.494 e. The van der Waals surface area contributed by atoms with Crippen molar-refractivity contribution in [3.05, 3.63) is 53.3 Å². The number of methoxy groups -OCH3 is 2. The molecule has 0 saturated carbocycles. The van der Waals surface area contributed by atoms with Crippen LogP contribution in [-0.2, 0) is 12.5 Å². The molecule has 0 aliphatic heterocycles. The quantitative estimate of drug-likeness (QED) is 0.750. The average Bonchev–Trinajstić information content (AvgIpc) is 2.52. The van der Waals surface area contributed by atoms with Gasteiger partial charge >= 0.3 is 0 Å². The number of ether oxygens (including phenoxy) is 3. The summed E-state index contributed by atoms with van der Waals surface area (Å²) < 4.78 is 29.4. The SMILES string of the molecule is COc1ccc(COc2ccc(CCl)cc2OC)cc1F. The molecule has 21 heavy (non-hydrogen) atoms. The van der Waals surface area contributed by atoms with Crippen molar-refractivity contribution in [1.82, 2.24) is 0 Å². The van der Waals surface area contributed by atoms with E-state index in [-0.39, 0.29) is 12.4 Å². The second kappa shape index (κ2) is 7.18. The fourth-order valence-electron chi connectivity index (χ4n) is 1.88. The van der Waals surface area contributed by atoms with Crippen LogP contribution in [0.2, 0.25) is 0 Å². The highest BCUT2D eigenvalue weighted by Crippen LogP contribution is 2.29. The maximum Gasteiger partial charge on any atom is 0.165 e. The summed E-state index contributed by atoms with van der Waals surface area (Å²) >= 11 is 5.78. The zero-order valence-electron chi connectivity index (χ0n) is 11.9. The smallest absolute Gasteiger partial charge is 0.165 e. The third kappa shape index (κ3) is 3.79. The molecule has 0 atom stereocenters. The summed E-state index contributed by atoms with van der Waals surface area (Å²) in [5, 5.41) is 0. The molecule has 0 heterocycles. The van der Waals surface area contributed by atoms with E-state index in [0.717, 1.165) is 5.56 Å². The highest BCUT2D eigenvalue weighted by atomic mass is 35.5. The first-order valence-corrected chi connectivity index (χ1v) is 6.89. The molecular formula is C16H16ClFO3. The molecule has 5 heteroatoms. The zero-order valence-corrected chi connectivity index (χ0v) is 12.6. The number of hydrogen-bond donors (Lipinski definition) is 0. The molecule has 0 saturated heterocycles. The Hall–Kier alpha value is -1.94. The Morgan fingerprint density at radius 3 is 2.19 bits per heavy atom. The zero-order chi connectivity index (χ0) is 15.2. The maximum atomic E-state index is 13.6. The number of hydrogen-bond acceptors (Lipinski definition) is 3. The van der Waals surface area contributed by atoms with Crippen LogP contribution in [0.4, 0.5) is 4.39 Å². The lowest BCUT2D eigenvalue weighted by molar-refractivity contribution is 0.283. The van der Waals surface area contributed by atoms with Gasteiger partial charge in [-0.15, -0.1) is 11.6 Å². The molecule has 112 valence electrons. The Kier molecular flexibility index (Phi) is 5.28. The first-order valence-electron chi connectivity index (χ1n) is 6.36. The van der Waals surface area contributed by atoms with Crippen molar-refractivity contribution in [2.75, 3.05) is 14.2 Å². The molecule has 3 nitrogen and oxygen atoms in total. The number of halogens is 2. The van der Waals surface area contributed by atoms with Gasteiger partial charge in [0.2, 0.25) is 0 Å². The molecule has 0 radical (unpaired) electrons. The van der Waals surface area contributed by atoms with E-state index in [2.05, 4.69) is 0 Å². The summed E-state index contributed by atoms with van der Waals surface area (Å²) in [5.41, 5.74) is 1.65. The van der Waals surface area contributed by atoms with Gasteiger partial charge in [-0.2, -0.15) is 0 Å². The van der Waals surface area contributed by atoms with Crippen LogP contribution in [0.3, 0.4) is 0 Å². The van der Waals surface area contributed by atoms with Gasteiger partial charge in [-0.25, -0.2) is 4.39 Å². The van der Waals surface area contributed by atoms with Crippen LogP contribution in [-0.4, -0.2) is 14.2 Å². The van der Waals surface area contributed by atoms with Crippen molar-refractivity contribution in [2.24, 2.45) is 0 Å². The van der Waals surface area contributed by atoms with Gasteiger partial charge in [0, 0.05) is 5.88 Å². The Labute approximate surface area is 128 Å². The summed E-state index contributed by atoms with van der Waals surface area (Å²) in [5.74, 6) is 1.39. The van der Waals surface area contributed by atoms with Crippen LogP contribution in [0, 0.1) is 5.82 Å². The van der Waals surface area contributed by atoms with Gasteiger partial charge in [0.1, 0.15) is 6.61 Å². The highest BCUT2D eigenvalue weighted by Gasteiger charge is 2.08. The van der Waals surface area contributed by atoms with Crippen LogP contribution < -0.4 is 14.2 Å². The molecular weight excluding hydrogens is 295 g/mol. The molecule has 0 spiro atoms. The Balaban J connectivity index is 2.10. The fraction of sp³-hybridized carbons (Fsp3) is 0.250. The summed E-state index contributed by atoms with van der Waals surface area (Å²) in [6.07, 6.45) is 0. The van der Waals surface area contributed by atoms with Crippen LogP contribution in [0.15, 0.2) is 36.4 Å². The van der Waals surface area contributed by atoms with E-state index < -0.39 is 5.82 Å². The van der Waals surface area contributed by atoms with E-state index in [4.69, 9.17) is 25.8 Å². The Morgan fingerprint density at radius 1 is 0.905 bits per heavy atom. The Morgan fingerprint density at radius 2 is 1.57 bits per heavy atom. The second-order valence-corrected chi connectivity index (χ2v) is 4.64. The third-order valence-corrected chi connectivity index (χ3v) is 3.30. The monoisotopic (exact) mass is 310 g/mol. The van der Waals surface area contributed by atoms with Crippen molar-refractivity contribution < 1.29 is 18.6 Å². The van der Waals surface area contributed by atoms with Gasteiger partial charge in [-0.3, -0.25) is 0 Å². The molecule has 0 bridgehead atoms. The van der Waals surface area contributed by atoms with Gasteiger partial charge in [0.25, 0.3) is 0 Å². The molecule has 0 aliphatic rings. The molecule has 2 rings (SSSR count). The molecule has 2 aromatic rings. The van der Waals surface area contributed by atoms with Gasteiger partial charge in [-0.1, -0.05) is 12.1 Å². The predicted molar refractivity (Wildman–Crippen MR) is 79.8 cm³/mol. The Bertz CT molecular complexity index is 616. The largest absolute Gasteiger partial charge is 0.494 e. The number of alkyl halides is 1. The van der Waals surface area contributed by atoms with Crippen molar-refractivity contribution in [3.63, 3.8) is 0 Å². The molecule has 2 aromatic carbocycles. The van der Waals surface area contributed by atoms with Gasteiger partial charge in [-0.05, 0) is 35.4 Å². The van der Waals surface area contributed by atoms with Gasteiger partial charge in [0.05, 0.1) is 14.2 Å². The first kappa shape index (κ1) is 15.4. The van der Waals surface area contributed by atoms with E-state index in [0.29, 0.717) is 22.9 Å². The van der Waals surface area contributed by atoms with Crippen LogP contribution >= 0.6 is 11.6 Å².